The third-order valence-electron chi connectivity index (χ3n) is 3.90. The van der Waals surface area contributed by atoms with Crippen molar-refractivity contribution in [2.24, 2.45) is 5.73 Å². The fourth-order valence-corrected chi connectivity index (χ4v) is 2.54. The van der Waals surface area contributed by atoms with Crippen LogP contribution in [0.15, 0.2) is 54.6 Å². The maximum atomic E-state index is 9.72. The zero-order chi connectivity index (χ0) is 16.9. The van der Waals surface area contributed by atoms with E-state index in [9.17, 15) is 5.11 Å². The Bertz CT molecular complexity index is 825. The number of nitrogens with zero attached hydrogens (tertiary/aromatic N) is 1. The Morgan fingerprint density at radius 1 is 1.16 bits per heavy atom. The summed E-state index contributed by atoms with van der Waals surface area (Å²) >= 11 is 0. The third kappa shape index (κ3) is 4.39. The fraction of sp³-hybridized carbons (Fsp3) is 0.211. The Balaban J connectivity index is 0.00000225. The normalized spacial score (nSPS) is 11.6. The Labute approximate surface area is 153 Å². The first-order valence-electron chi connectivity index (χ1n) is 7.87. The summed E-state index contributed by atoms with van der Waals surface area (Å²) in [5.74, 6) is 0.809. The number of halogens is 1. The van der Waals surface area contributed by atoms with Crippen molar-refractivity contribution in [2.45, 2.75) is 6.10 Å². The summed E-state index contributed by atoms with van der Waals surface area (Å²) in [6.07, 6.45) is -0.582. The highest BCUT2D eigenvalue weighted by molar-refractivity contribution is 5.93. The monoisotopic (exact) mass is 359 g/mol. The lowest BCUT2D eigenvalue weighted by Crippen LogP contribution is -2.27. The lowest BCUT2D eigenvalue weighted by molar-refractivity contribution is 0.196. The summed E-state index contributed by atoms with van der Waals surface area (Å²) in [6, 6.07) is 17.7. The molecule has 3 aromatic rings. The molecule has 0 fully saturated rings. The maximum absolute atomic E-state index is 9.72. The van der Waals surface area contributed by atoms with Crippen LogP contribution in [0.2, 0.25) is 0 Å². The van der Waals surface area contributed by atoms with Crippen molar-refractivity contribution >= 4 is 29.0 Å². The average Bonchev–Trinajstić information content (AvgIpc) is 2.65. The van der Waals surface area contributed by atoms with Gasteiger partial charge in [-0.1, -0.05) is 18.2 Å². The van der Waals surface area contributed by atoms with Crippen molar-refractivity contribution < 1.29 is 9.84 Å². The van der Waals surface area contributed by atoms with E-state index in [-0.39, 0.29) is 19.0 Å². The summed E-state index contributed by atoms with van der Waals surface area (Å²) in [5, 5.41) is 14.0. The third-order valence-corrected chi connectivity index (χ3v) is 3.90. The molecule has 1 atom stereocenters. The molecule has 0 aliphatic heterocycles. The van der Waals surface area contributed by atoms with Gasteiger partial charge in [-0.2, -0.15) is 0 Å². The molecule has 0 amide bonds. The van der Waals surface area contributed by atoms with Crippen molar-refractivity contribution in [1.29, 1.82) is 0 Å². The minimum atomic E-state index is -0.582. The molecule has 0 saturated heterocycles. The van der Waals surface area contributed by atoms with Crippen molar-refractivity contribution in [3.8, 4) is 17.0 Å². The predicted octanol–water partition coefficient (Wildman–Crippen LogP) is 3.06. The first-order valence-corrected chi connectivity index (χ1v) is 7.87. The number of rotatable bonds is 6. The van der Waals surface area contributed by atoms with Crippen LogP contribution in [0.25, 0.3) is 22.2 Å². The Morgan fingerprint density at radius 3 is 2.56 bits per heavy atom. The van der Waals surface area contributed by atoms with Crippen LogP contribution in [0.5, 0.6) is 5.75 Å². The van der Waals surface area contributed by atoms with Crippen LogP contribution in [-0.4, -0.2) is 36.4 Å². The molecule has 4 N–H and O–H groups in total. The SMILES string of the molecule is COc1ccc(-c2cc(NC[C@@H](O)CN)c3ccccc3n2)cc1.Cl. The molecule has 0 saturated carbocycles. The Kier molecular flexibility index (Phi) is 6.58. The Hall–Kier alpha value is -2.34. The van der Waals surface area contributed by atoms with Crippen LogP contribution >= 0.6 is 12.4 Å². The van der Waals surface area contributed by atoms with Gasteiger partial charge in [0, 0.05) is 29.7 Å². The molecule has 0 unspecified atom stereocenters. The minimum Gasteiger partial charge on any atom is -0.497 e. The van der Waals surface area contributed by atoms with Crippen LogP contribution in [0.1, 0.15) is 0 Å². The number of methoxy groups -OCH3 is 1. The second-order valence-corrected chi connectivity index (χ2v) is 5.57. The highest BCUT2D eigenvalue weighted by Gasteiger charge is 2.09. The lowest BCUT2D eigenvalue weighted by Gasteiger charge is -2.14. The number of para-hydroxylation sites is 1. The smallest absolute Gasteiger partial charge is 0.118 e. The number of fused-ring (bicyclic) bond motifs is 1. The molecule has 0 radical (unpaired) electrons. The van der Waals surface area contributed by atoms with Gasteiger partial charge in [0.1, 0.15) is 5.75 Å². The number of nitrogens with one attached hydrogen (secondary N) is 1. The van der Waals surface area contributed by atoms with E-state index in [1.807, 2.05) is 54.6 Å². The van der Waals surface area contributed by atoms with Gasteiger partial charge in [0.2, 0.25) is 0 Å². The molecule has 0 aliphatic rings. The molecular formula is C19H22ClN3O2. The number of hydrogen-bond donors (Lipinski definition) is 3. The van der Waals surface area contributed by atoms with Gasteiger partial charge in [0.15, 0.2) is 0 Å². The van der Waals surface area contributed by atoms with Gasteiger partial charge < -0.3 is 20.9 Å². The van der Waals surface area contributed by atoms with Crippen molar-refractivity contribution in [3.05, 3.63) is 54.6 Å². The molecule has 6 heteroatoms. The number of aliphatic hydroxyl groups excluding tert-OH is 1. The fourth-order valence-electron chi connectivity index (χ4n) is 2.54. The summed E-state index contributed by atoms with van der Waals surface area (Å²) in [4.78, 5) is 4.74. The molecule has 3 rings (SSSR count). The van der Waals surface area contributed by atoms with Gasteiger partial charge in [-0.3, -0.25) is 0 Å². The van der Waals surface area contributed by atoms with Crippen LogP contribution < -0.4 is 15.8 Å². The number of ether oxygens (including phenoxy) is 1. The largest absolute Gasteiger partial charge is 0.497 e. The highest BCUT2D eigenvalue weighted by atomic mass is 35.5. The first kappa shape index (κ1) is 19.0. The van der Waals surface area contributed by atoms with Crippen molar-refractivity contribution in [1.82, 2.24) is 4.98 Å². The lowest BCUT2D eigenvalue weighted by atomic mass is 10.1. The average molecular weight is 360 g/mol. The summed E-state index contributed by atoms with van der Waals surface area (Å²) in [6.45, 7) is 0.619. The molecule has 1 aromatic heterocycles. The molecule has 2 aromatic carbocycles. The van der Waals surface area contributed by atoms with E-state index >= 15 is 0 Å². The van der Waals surface area contributed by atoms with E-state index in [4.69, 9.17) is 15.5 Å². The molecule has 0 bridgehead atoms. The quantitative estimate of drug-likeness (QED) is 0.630. The molecule has 0 spiro atoms. The summed E-state index contributed by atoms with van der Waals surface area (Å²) < 4.78 is 5.20. The molecule has 25 heavy (non-hydrogen) atoms. The number of aliphatic hydroxyl groups is 1. The van der Waals surface area contributed by atoms with Crippen molar-refractivity contribution in [2.75, 3.05) is 25.5 Å². The standard InChI is InChI=1S/C19H21N3O2.ClH/c1-24-15-8-6-13(7-9-15)18-10-19(21-12-14(23)11-20)16-4-2-3-5-17(16)22-18;/h2-10,14,23H,11-12,20H2,1H3,(H,21,22);1H/t14-;/m0./s1. The highest BCUT2D eigenvalue weighted by Crippen LogP contribution is 2.29. The van der Waals surface area contributed by atoms with E-state index in [2.05, 4.69) is 5.32 Å². The Morgan fingerprint density at radius 2 is 1.88 bits per heavy atom. The van der Waals surface area contributed by atoms with E-state index in [0.29, 0.717) is 6.54 Å². The van der Waals surface area contributed by atoms with E-state index in [1.54, 1.807) is 7.11 Å². The van der Waals surface area contributed by atoms with E-state index < -0.39 is 6.10 Å². The summed E-state index contributed by atoms with van der Waals surface area (Å²) in [7, 11) is 1.65. The molecule has 1 heterocycles. The molecule has 0 aliphatic carbocycles. The van der Waals surface area contributed by atoms with E-state index in [1.165, 1.54) is 0 Å². The van der Waals surface area contributed by atoms with Crippen LogP contribution in [0.3, 0.4) is 0 Å². The predicted molar refractivity (Wildman–Crippen MR) is 105 cm³/mol. The number of aromatic nitrogens is 1. The van der Waals surface area contributed by atoms with E-state index in [0.717, 1.165) is 33.6 Å². The van der Waals surface area contributed by atoms with Crippen molar-refractivity contribution in [3.63, 3.8) is 0 Å². The molecule has 132 valence electrons. The van der Waals surface area contributed by atoms with Gasteiger partial charge in [0.25, 0.3) is 0 Å². The van der Waals surface area contributed by atoms with Gasteiger partial charge in [-0.05, 0) is 36.4 Å². The summed E-state index contributed by atoms with van der Waals surface area (Å²) in [5.41, 5.74) is 9.18. The minimum absolute atomic E-state index is 0. The van der Waals surface area contributed by atoms with Gasteiger partial charge in [0.05, 0.1) is 24.4 Å². The molecular weight excluding hydrogens is 338 g/mol. The van der Waals surface area contributed by atoms with Gasteiger partial charge >= 0.3 is 0 Å². The second-order valence-electron chi connectivity index (χ2n) is 5.57. The van der Waals surface area contributed by atoms with Gasteiger partial charge in [-0.15, -0.1) is 12.4 Å². The number of benzene rings is 2. The number of hydrogen-bond acceptors (Lipinski definition) is 5. The second kappa shape index (κ2) is 8.67. The van der Waals surface area contributed by atoms with Gasteiger partial charge in [-0.25, -0.2) is 4.98 Å². The zero-order valence-electron chi connectivity index (χ0n) is 14.0. The number of pyridine rings is 1. The topological polar surface area (TPSA) is 80.4 Å². The number of nitrogens with two attached hydrogens (primary N) is 1. The maximum Gasteiger partial charge on any atom is 0.118 e. The number of anilines is 1. The van der Waals surface area contributed by atoms with Crippen LogP contribution in [0.4, 0.5) is 5.69 Å². The van der Waals surface area contributed by atoms with Crippen LogP contribution in [-0.2, 0) is 0 Å². The first-order chi connectivity index (χ1) is 11.7. The zero-order valence-corrected chi connectivity index (χ0v) is 14.8. The molecule has 5 nitrogen and oxygen atoms in total. The van der Waals surface area contributed by atoms with Crippen LogP contribution in [0, 0.1) is 0 Å².